The van der Waals surface area contributed by atoms with Crippen LogP contribution in [0.3, 0.4) is 0 Å². The Hall–Kier alpha value is -3.14. The van der Waals surface area contributed by atoms with Gasteiger partial charge in [0.2, 0.25) is 0 Å². The molecule has 1 aliphatic rings. The summed E-state index contributed by atoms with van der Waals surface area (Å²) in [6, 6.07) is 20.3. The number of anilines is 3. The van der Waals surface area contributed by atoms with Crippen LogP contribution in [0.25, 0.3) is 0 Å². The molecular formula is C22H21N3O. The molecular weight excluding hydrogens is 322 g/mol. The Balaban J connectivity index is 1.66. The number of pyridine rings is 1. The minimum atomic E-state index is -0.0642. The van der Waals surface area contributed by atoms with Gasteiger partial charge in [-0.2, -0.15) is 0 Å². The Kier molecular flexibility index (Phi) is 4.17. The zero-order valence-electron chi connectivity index (χ0n) is 15.0. The van der Waals surface area contributed by atoms with Gasteiger partial charge in [-0.05, 0) is 43.2 Å². The summed E-state index contributed by atoms with van der Waals surface area (Å²) >= 11 is 0. The highest BCUT2D eigenvalue weighted by molar-refractivity contribution is 6.06. The maximum Gasteiger partial charge on any atom is 0.259 e. The minimum Gasteiger partial charge on any atom is -0.337 e. The van der Waals surface area contributed by atoms with Gasteiger partial charge in [-0.1, -0.05) is 36.4 Å². The smallest absolute Gasteiger partial charge is 0.259 e. The number of carbonyl (C=O) groups is 1. The zero-order valence-corrected chi connectivity index (χ0v) is 15.0. The van der Waals surface area contributed by atoms with Gasteiger partial charge in [0, 0.05) is 30.7 Å². The van der Waals surface area contributed by atoms with Crippen molar-refractivity contribution in [3.8, 4) is 0 Å². The number of hydrogen-bond acceptors (Lipinski definition) is 3. The Morgan fingerprint density at radius 1 is 1.08 bits per heavy atom. The molecule has 0 saturated carbocycles. The monoisotopic (exact) mass is 343 g/mol. The molecule has 0 N–H and O–H groups in total. The van der Waals surface area contributed by atoms with Crippen LogP contribution in [0.2, 0.25) is 0 Å². The molecule has 1 aliphatic heterocycles. The number of carbonyl (C=O) groups excluding carboxylic acids is 1. The van der Waals surface area contributed by atoms with E-state index in [9.17, 15) is 4.79 Å². The molecule has 2 heterocycles. The molecule has 4 nitrogen and oxygen atoms in total. The molecule has 4 heteroatoms. The van der Waals surface area contributed by atoms with Crippen LogP contribution in [0, 0.1) is 0 Å². The van der Waals surface area contributed by atoms with Crippen LogP contribution < -0.4 is 9.80 Å². The highest BCUT2D eigenvalue weighted by Gasteiger charge is 2.27. The SMILES string of the molecule is CC1Cc2ccccc2N1c1cncc(C(=O)N(C)c2ccccc2)c1. The van der Waals surface area contributed by atoms with E-state index in [4.69, 9.17) is 0 Å². The fraction of sp³-hybridized carbons (Fsp3) is 0.182. The second kappa shape index (κ2) is 6.64. The second-order valence-electron chi connectivity index (χ2n) is 6.68. The summed E-state index contributed by atoms with van der Waals surface area (Å²) in [5.74, 6) is -0.0642. The Labute approximate surface area is 153 Å². The maximum absolute atomic E-state index is 12.9. The lowest BCUT2D eigenvalue weighted by Crippen LogP contribution is -2.27. The summed E-state index contributed by atoms with van der Waals surface area (Å²) in [6.45, 7) is 2.20. The van der Waals surface area contributed by atoms with Crippen molar-refractivity contribution in [3.05, 3.63) is 84.2 Å². The molecule has 2 aromatic carbocycles. The third kappa shape index (κ3) is 2.84. The maximum atomic E-state index is 12.9. The number of aromatic nitrogens is 1. The van der Waals surface area contributed by atoms with E-state index in [1.807, 2.05) is 42.6 Å². The number of benzene rings is 2. The van der Waals surface area contributed by atoms with Crippen molar-refractivity contribution >= 4 is 23.0 Å². The molecule has 0 fully saturated rings. The first-order chi connectivity index (χ1) is 12.6. The molecule has 0 radical (unpaired) electrons. The summed E-state index contributed by atoms with van der Waals surface area (Å²) < 4.78 is 0. The molecule has 3 aromatic rings. The quantitative estimate of drug-likeness (QED) is 0.705. The average molecular weight is 343 g/mol. The summed E-state index contributed by atoms with van der Waals surface area (Å²) in [7, 11) is 1.79. The van der Waals surface area contributed by atoms with Gasteiger partial charge in [0.25, 0.3) is 5.91 Å². The van der Waals surface area contributed by atoms with E-state index >= 15 is 0 Å². The normalized spacial score (nSPS) is 15.6. The molecule has 1 atom stereocenters. The summed E-state index contributed by atoms with van der Waals surface area (Å²) in [4.78, 5) is 21.2. The molecule has 130 valence electrons. The molecule has 0 aliphatic carbocycles. The number of nitrogens with zero attached hydrogens (tertiary/aromatic N) is 3. The number of rotatable bonds is 3. The first-order valence-electron chi connectivity index (χ1n) is 8.80. The Morgan fingerprint density at radius 3 is 2.62 bits per heavy atom. The van der Waals surface area contributed by atoms with Crippen LogP contribution in [0.4, 0.5) is 17.1 Å². The van der Waals surface area contributed by atoms with Crippen molar-refractivity contribution in [2.45, 2.75) is 19.4 Å². The van der Waals surface area contributed by atoms with Gasteiger partial charge in [0.05, 0.1) is 17.4 Å². The van der Waals surface area contributed by atoms with E-state index in [-0.39, 0.29) is 5.91 Å². The second-order valence-corrected chi connectivity index (χ2v) is 6.68. The van der Waals surface area contributed by atoms with Gasteiger partial charge in [0.15, 0.2) is 0 Å². The average Bonchev–Trinajstić information content (AvgIpc) is 3.03. The van der Waals surface area contributed by atoms with Crippen molar-refractivity contribution in [1.29, 1.82) is 0 Å². The van der Waals surface area contributed by atoms with Crippen LogP contribution >= 0.6 is 0 Å². The van der Waals surface area contributed by atoms with Crippen LogP contribution in [-0.4, -0.2) is 24.0 Å². The van der Waals surface area contributed by atoms with Crippen LogP contribution in [0.5, 0.6) is 0 Å². The number of fused-ring (bicyclic) bond motifs is 1. The lowest BCUT2D eigenvalue weighted by molar-refractivity contribution is 0.0992. The van der Waals surface area contributed by atoms with E-state index in [2.05, 4.69) is 41.1 Å². The molecule has 1 amide bonds. The molecule has 4 rings (SSSR count). The van der Waals surface area contributed by atoms with Crippen molar-refractivity contribution in [2.75, 3.05) is 16.8 Å². The standard InChI is InChI=1S/C22H21N3O/c1-16-12-17-8-6-7-11-21(17)25(16)20-13-18(14-23-15-20)22(26)24(2)19-9-4-3-5-10-19/h3-11,13-16H,12H2,1-2H3. The van der Waals surface area contributed by atoms with Gasteiger partial charge in [-0.3, -0.25) is 9.78 Å². The van der Waals surface area contributed by atoms with Crippen molar-refractivity contribution in [1.82, 2.24) is 4.98 Å². The van der Waals surface area contributed by atoms with Gasteiger partial charge in [0.1, 0.15) is 0 Å². The highest BCUT2D eigenvalue weighted by atomic mass is 16.2. The van der Waals surface area contributed by atoms with Gasteiger partial charge < -0.3 is 9.80 Å². The fourth-order valence-electron chi connectivity index (χ4n) is 3.60. The van der Waals surface area contributed by atoms with Crippen molar-refractivity contribution in [2.24, 2.45) is 0 Å². The number of hydrogen-bond donors (Lipinski definition) is 0. The van der Waals surface area contributed by atoms with Gasteiger partial charge in [-0.15, -0.1) is 0 Å². The lowest BCUT2D eigenvalue weighted by atomic mass is 10.1. The molecule has 1 aromatic heterocycles. The highest BCUT2D eigenvalue weighted by Crippen LogP contribution is 2.38. The minimum absolute atomic E-state index is 0.0642. The topological polar surface area (TPSA) is 36.4 Å². The van der Waals surface area contributed by atoms with Crippen LogP contribution in [-0.2, 0) is 6.42 Å². The van der Waals surface area contributed by atoms with Gasteiger partial charge in [-0.25, -0.2) is 0 Å². The summed E-state index contributed by atoms with van der Waals surface area (Å²) in [5.41, 5.74) is 4.93. The number of amides is 1. The molecule has 0 spiro atoms. The zero-order chi connectivity index (χ0) is 18.1. The van der Waals surface area contributed by atoms with Crippen molar-refractivity contribution in [3.63, 3.8) is 0 Å². The van der Waals surface area contributed by atoms with E-state index in [1.54, 1.807) is 18.1 Å². The third-order valence-corrected chi connectivity index (χ3v) is 4.90. The Bertz CT molecular complexity index is 939. The van der Waals surface area contributed by atoms with E-state index in [1.165, 1.54) is 11.3 Å². The molecule has 1 unspecified atom stereocenters. The molecule has 0 saturated heterocycles. The van der Waals surface area contributed by atoms with E-state index in [0.717, 1.165) is 17.8 Å². The lowest BCUT2D eigenvalue weighted by Gasteiger charge is -2.25. The van der Waals surface area contributed by atoms with Gasteiger partial charge >= 0.3 is 0 Å². The fourth-order valence-corrected chi connectivity index (χ4v) is 3.60. The summed E-state index contributed by atoms with van der Waals surface area (Å²) in [6.07, 6.45) is 4.47. The molecule has 0 bridgehead atoms. The number of para-hydroxylation sites is 2. The largest absolute Gasteiger partial charge is 0.337 e. The third-order valence-electron chi connectivity index (χ3n) is 4.90. The van der Waals surface area contributed by atoms with Crippen molar-refractivity contribution < 1.29 is 4.79 Å². The first kappa shape index (κ1) is 16.3. The first-order valence-corrected chi connectivity index (χ1v) is 8.80. The predicted octanol–water partition coefficient (Wildman–Crippen LogP) is 4.44. The predicted molar refractivity (Wildman–Crippen MR) is 105 cm³/mol. The Morgan fingerprint density at radius 2 is 1.81 bits per heavy atom. The van der Waals surface area contributed by atoms with E-state index in [0.29, 0.717) is 11.6 Å². The van der Waals surface area contributed by atoms with E-state index < -0.39 is 0 Å². The van der Waals surface area contributed by atoms with Crippen LogP contribution in [0.15, 0.2) is 73.1 Å². The van der Waals surface area contributed by atoms with Crippen LogP contribution in [0.1, 0.15) is 22.8 Å². The summed E-state index contributed by atoms with van der Waals surface area (Å²) in [5, 5.41) is 0. The molecule has 26 heavy (non-hydrogen) atoms.